The lowest BCUT2D eigenvalue weighted by molar-refractivity contribution is -0.400. The van der Waals surface area contributed by atoms with E-state index in [2.05, 4.69) is 0 Å². The van der Waals surface area contributed by atoms with Crippen molar-refractivity contribution in [2.24, 2.45) is 0 Å². The molecule has 13 heavy (non-hydrogen) atoms. The highest BCUT2D eigenvalue weighted by atomic mass is 19.1. The summed E-state index contributed by atoms with van der Waals surface area (Å²) in [6.07, 6.45) is 1.45. The first-order valence-corrected chi connectivity index (χ1v) is 3.36. The monoisotopic (exact) mass is 185 g/mol. The van der Waals surface area contributed by atoms with E-state index in [-0.39, 0.29) is 5.56 Å². The SMILES string of the molecule is O=[N+]([O-])C=Cc1cc(F)ccc1F. The van der Waals surface area contributed by atoms with Gasteiger partial charge in [-0.1, -0.05) is 0 Å². The summed E-state index contributed by atoms with van der Waals surface area (Å²) in [6.45, 7) is 0. The van der Waals surface area contributed by atoms with Crippen molar-refractivity contribution in [2.75, 3.05) is 0 Å². The zero-order valence-corrected chi connectivity index (χ0v) is 6.41. The van der Waals surface area contributed by atoms with E-state index in [0.29, 0.717) is 6.20 Å². The molecule has 0 fully saturated rings. The lowest BCUT2D eigenvalue weighted by atomic mass is 10.2. The van der Waals surface area contributed by atoms with E-state index >= 15 is 0 Å². The smallest absolute Gasteiger partial charge is 0.235 e. The fourth-order valence-electron chi connectivity index (χ4n) is 0.783. The lowest BCUT2D eigenvalue weighted by Gasteiger charge is -1.94. The van der Waals surface area contributed by atoms with E-state index < -0.39 is 16.6 Å². The Morgan fingerprint density at radius 1 is 1.38 bits per heavy atom. The molecule has 0 aromatic heterocycles. The number of benzene rings is 1. The Hall–Kier alpha value is -1.78. The molecule has 0 radical (unpaired) electrons. The molecule has 0 saturated heterocycles. The maximum absolute atomic E-state index is 12.8. The van der Waals surface area contributed by atoms with Gasteiger partial charge in [0, 0.05) is 11.6 Å². The zero-order valence-electron chi connectivity index (χ0n) is 6.41. The van der Waals surface area contributed by atoms with Gasteiger partial charge in [-0.3, -0.25) is 10.1 Å². The van der Waals surface area contributed by atoms with Gasteiger partial charge in [0.25, 0.3) is 0 Å². The normalized spacial score (nSPS) is 10.6. The number of nitrogens with zero attached hydrogens (tertiary/aromatic N) is 1. The number of hydrogen-bond donors (Lipinski definition) is 0. The van der Waals surface area contributed by atoms with Crippen LogP contribution < -0.4 is 0 Å². The summed E-state index contributed by atoms with van der Waals surface area (Å²) >= 11 is 0. The molecule has 0 unspecified atom stereocenters. The number of nitro groups is 1. The summed E-state index contributed by atoms with van der Waals surface area (Å²) in [7, 11) is 0. The lowest BCUT2D eigenvalue weighted by Crippen LogP contribution is -1.86. The summed E-state index contributed by atoms with van der Waals surface area (Å²) < 4.78 is 25.3. The summed E-state index contributed by atoms with van der Waals surface area (Å²) in [4.78, 5) is 9.13. The molecule has 68 valence electrons. The van der Waals surface area contributed by atoms with Crippen LogP contribution >= 0.6 is 0 Å². The van der Waals surface area contributed by atoms with E-state index in [4.69, 9.17) is 0 Å². The highest BCUT2D eigenvalue weighted by Crippen LogP contribution is 2.10. The quantitative estimate of drug-likeness (QED) is 0.523. The van der Waals surface area contributed by atoms with Gasteiger partial charge >= 0.3 is 0 Å². The Balaban J connectivity index is 3.00. The van der Waals surface area contributed by atoms with Crippen LogP contribution in [0, 0.1) is 21.7 Å². The molecule has 0 aliphatic carbocycles. The number of hydrogen-bond acceptors (Lipinski definition) is 2. The van der Waals surface area contributed by atoms with Crippen LogP contribution in [-0.2, 0) is 0 Å². The van der Waals surface area contributed by atoms with E-state index in [0.717, 1.165) is 24.3 Å². The fourth-order valence-corrected chi connectivity index (χ4v) is 0.783. The minimum absolute atomic E-state index is 0.142. The summed E-state index contributed by atoms with van der Waals surface area (Å²) in [6, 6.07) is 2.74. The standard InChI is InChI=1S/C8H5F2NO2/c9-7-1-2-8(10)6(5-7)3-4-11(12)13/h1-5H. The Bertz CT molecular complexity index is 363. The first kappa shape index (κ1) is 9.31. The largest absolute Gasteiger partial charge is 0.259 e. The fraction of sp³-hybridized carbons (Fsp3) is 0. The third-order valence-electron chi connectivity index (χ3n) is 1.33. The van der Waals surface area contributed by atoms with Crippen LogP contribution in [0.3, 0.4) is 0 Å². The third-order valence-corrected chi connectivity index (χ3v) is 1.33. The molecule has 0 amide bonds. The maximum atomic E-state index is 12.8. The topological polar surface area (TPSA) is 43.1 Å². The van der Waals surface area contributed by atoms with Crippen molar-refractivity contribution >= 4 is 6.08 Å². The third kappa shape index (κ3) is 2.62. The van der Waals surface area contributed by atoms with Crippen LogP contribution in [0.15, 0.2) is 24.4 Å². The van der Waals surface area contributed by atoms with Crippen molar-refractivity contribution in [3.8, 4) is 0 Å². The van der Waals surface area contributed by atoms with Gasteiger partial charge in [0.15, 0.2) is 0 Å². The average molecular weight is 185 g/mol. The molecule has 3 nitrogen and oxygen atoms in total. The van der Waals surface area contributed by atoms with E-state index in [1.165, 1.54) is 0 Å². The Labute approximate surface area is 72.5 Å². The Kier molecular flexibility index (Phi) is 2.69. The van der Waals surface area contributed by atoms with Crippen LogP contribution in [-0.4, -0.2) is 4.92 Å². The van der Waals surface area contributed by atoms with Crippen LogP contribution in [0.25, 0.3) is 6.08 Å². The molecule has 1 rings (SSSR count). The highest BCUT2D eigenvalue weighted by molar-refractivity contribution is 5.48. The molecule has 0 N–H and O–H groups in total. The molecule has 0 spiro atoms. The van der Waals surface area contributed by atoms with Crippen molar-refractivity contribution in [3.63, 3.8) is 0 Å². The summed E-state index contributed by atoms with van der Waals surface area (Å²) in [5.41, 5.74) is -0.142. The Morgan fingerprint density at radius 2 is 2.08 bits per heavy atom. The summed E-state index contributed by atoms with van der Waals surface area (Å²) in [5, 5.41) is 9.87. The predicted molar refractivity (Wildman–Crippen MR) is 42.4 cm³/mol. The average Bonchev–Trinajstić information content (AvgIpc) is 2.06. The summed E-state index contributed by atoms with van der Waals surface area (Å²) in [5.74, 6) is -1.33. The van der Waals surface area contributed by atoms with Gasteiger partial charge in [0.2, 0.25) is 6.20 Å². The van der Waals surface area contributed by atoms with Gasteiger partial charge in [0.05, 0.1) is 4.92 Å². The molecule has 0 aliphatic heterocycles. The van der Waals surface area contributed by atoms with Crippen molar-refractivity contribution < 1.29 is 13.7 Å². The van der Waals surface area contributed by atoms with Gasteiger partial charge in [0.1, 0.15) is 11.6 Å². The van der Waals surface area contributed by atoms with Gasteiger partial charge in [-0.15, -0.1) is 0 Å². The van der Waals surface area contributed by atoms with Gasteiger partial charge < -0.3 is 0 Å². The molecule has 0 heterocycles. The van der Waals surface area contributed by atoms with Crippen LogP contribution in [0.1, 0.15) is 5.56 Å². The maximum Gasteiger partial charge on any atom is 0.235 e. The molecular formula is C8H5F2NO2. The molecule has 0 aliphatic rings. The van der Waals surface area contributed by atoms with E-state index in [1.807, 2.05) is 0 Å². The number of rotatable bonds is 2. The van der Waals surface area contributed by atoms with Crippen molar-refractivity contribution in [1.82, 2.24) is 0 Å². The second-order valence-corrected chi connectivity index (χ2v) is 2.27. The Morgan fingerprint density at radius 3 is 2.69 bits per heavy atom. The molecule has 0 atom stereocenters. The predicted octanol–water partition coefficient (Wildman–Crippen LogP) is 2.21. The molecule has 0 saturated carbocycles. The molecular weight excluding hydrogens is 180 g/mol. The highest BCUT2D eigenvalue weighted by Gasteiger charge is 2.01. The molecule has 1 aromatic rings. The van der Waals surface area contributed by atoms with E-state index in [1.54, 1.807) is 0 Å². The van der Waals surface area contributed by atoms with Crippen molar-refractivity contribution in [3.05, 3.63) is 51.7 Å². The van der Waals surface area contributed by atoms with Crippen molar-refractivity contribution in [1.29, 1.82) is 0 Å². The molecule has 1 aromatic carbocycles. The van der Waals surface area contributed by atoms with Crippen molar-refractivity contribution in [2.45, 2.75) is 0 Å². The van der Waals surface area contributed by atoms with Gasteiger partial charge in [-0.25, -0.2) is 8.78 Å². The second kappa shape index (κ2) is 3.75. The minimum Gasteiger partial charge on any atom is -0.259 e. The molecule has 5 heteroatoms. The van der Waals surface area contributed by atoms with Crippen LogP contribution in [0.4, 0.5) is 8.78 Å². The van der Waals surface area contributed by atoms with Crippen LogP contribution in [0.2, 0.25) is 0 Å². The van der Waals surface area contributed by atoms with Crippen LogP contribution in [0.5, 0.6) is 0 Å². The first-order valence-electron chi connectivity index (χ1n) is 3.36. The molecule has 0 bridgehead atoms. The zero-order chi connectivity index (χ0) is 9.84. The van der Waals surface area contributed by atoms with Gasteiger partial charge in [-0.05, 0) is 18.2 Å². The van der Waals surface area contributed by atoms with Gasteiger partial charge in [-0.2, -0.15) is 0 Å². The second-order valence-electron chi connectivity index (χ2n) is 2.27. The first-order chi connectivity index (χ1) is 6.09. The number of halogens is 2. The minimum atomic E-state index is -0.746. The van der Waals surface area contributed by atoms with E-state index in [9.17, 15) is 18.9 Å².